The van der Waals surface area contributed by atoms with Gasteiger partial charge in [-0.25, -0.2) is 0 Å². The predicted octanol–water partition coefficient (Wildman–Crippen LogP) is 1.33. The highest BCUT2D eigenvalue weighted by atomic mass is 32.2. The summed E-state index contributed by atoms with van der Waals surface area (Å²) in [6.45, 7) is 0.0758. The Morgan fingerprint density at radius 1 is 1.40 bits per heavy atom. The number of carbonyl (C=O) groups is 3. The van der Waals surface area contributed by atoms with Crippen LogP contribution in [-0.4, -0.2) is 35.2 Å². The van der Waals surface area contributed by atoms with Gasteiger partial charge in [-0.3, -0.25) is 14.4 Å². The summed E-state index contributed by atoms with van der Waals surface area (Å²) >= 11 is 1.56. The molecule has 0 aliphatic carbocycles. The maximum Gasteiger partial charge on any atom is 0.305 e. The monoisotopic (exact) mass is 294 g/mol. The van der Waals surface area contributed by atoms with Crippen LogP contribution in [0.3, 0.4) is 0 Å². The molecule has 2 rings (SSSR count). The van der Waals surface area contributed by atoms with Crippen LogP contribution in [0.1, 0.15) is 23.2 Å². The Kier molecular flexibility index (Phi) is 4.62. The lowest BCUT2D eigenvalue weighted by Gasteiger charge is -2.09. The molecule has 3 N–H and O–H groups in total. The summed E-state index contributed by atoms with van der Waals surface area (Å²) in [6, 6.07) is 5.07. The molecule has 0 atom stereocenters. The van der Waals surface area contributed by atoms with E-state index in [0.29, 0.717) is 23.4 Å². The summed E-state index contributed by atoms with van der Waals surface area (Å²) in [5.74, 6) is -0.670. The van der Waals surface area contributed by atoms with Gasteiger partial charge >= 0.3 is 5.97 Å². The first-order valence-corrected chi connectivity index (χ1v) is 7.11. The van der Waals surface area contributed by atoms with E-state index in [-0.39, 0.29) is 24.8 Å². The normalized spacial score (nSPS) is 13.9. The number of carboxylic acid groups (broad SMARTS) is 1. The molecule has 20 heavy (non-hydrogen) atoms. The van der Waals surface area contributed by atoms with Crippen molar-refractivity contribution in [3.05, 3.63) is 23.8 Å². The van der Waals surface area contributed by atoms with Crippen molar-refractivity contribution in [2.45, 2.75) is 17.7 Å². The van der Waals surface area contributed by atoms with Crippen molar-refractivity contribution >= 4 is 35.2 Å². The molecule has 0 saturated heterocycles. The van der Waals surface area contributed by atoms with E-state index in [1.807, 2.05) is 0 Å². The minimum absolute atomic E-state index is 0.0697. The number of thioether (sulfide) groups is 1. The molecule has 0 saturated carbocycles. The fourth-order valence-electron chi connectivity index (χ4n) is 1.75. The maximum atomic E-state index is 11.9. The van der Waals surface area contributed by atoms with Crippen molar-refractivity contribution in [3.63, 3.8) is 0 Å². The largest absolute Gasteiger partial charge is 0.481 e. The Labute approximate surface area is 119 Å². The summed E-state index contributed by atoms with van der Waals surface area (Å²) in [6.07, 6.45) is 0.322. The van der Waals surface area contributed by atoms with Gasteiger partial charge in [-0.15, -0.1) is 11.8 Å². The number of amides is 2. The van der Waals surface area contributed by atoms with Gasteiger partial charge in [0.1, 0.15) is 0 Å². The van der Waals surface area contributed by atoms with Crippen molar-refractivity contribution in [1.29, 1.82) is 0 Å². The van der Waals surface area contributed by atoms with Crippen molar-refractivity contribution in [2.24, 2.45) is 0 Å². The molecule has 0 unspecified atom stereocenters. The van der Waals surface area contributed by atoms with Gasteiger partial charge in [0.15, 0.2) is 0 Å². The second kappa shape index (κ2) is 6.42. The average Bonchev–Trinajstić information content (AvgIpc) is 2.57. The molecule has 0 aromatic heterocycles. The van der Waals surface area contributed by atoms with Crippen LogP contribution in [0.25, 0.3) is 0 Å². The molecular formula is C13H14N2O4S. The second-order valence-corrected chi connectivity index (χ2v) is 5.39. The van der Waals surface area contributed by atoms with Crippen LogP contribution in [0.15, 0.2) is 23.1 Å². The zero-order valence-corrected chi connectivity index (χ0v) is 11.5. The third kappa shape index (κ3) is 3.74. The molecule has 2 amide bonds. The standard InChI is InChI=1S/C13H14N2O4S/c16-11-4-6-20-10-2-1-8(7-9(10)15-11)13(19)14-5-3-12(17)18/h1-2,7H,3-6H2,(H,14,19)(H,15,16)(H,17,18). The second-order valence-electron chi connectivity index (χ2n) is 4.26. The molecule has 6 nitrogen and oxygen atoms in total. The molecule has 1 heterocycles. The zero-order valence-electron chi connectivity index (χ0n) is 10.6. The van der Waals surface area contributed by atoms with Crippen molar-refractivity contribution < 1.29 is 19.5 Å². The highest BCUT2D eigenvalue weighted by Crippen LogP contribution is 2.31. The average molecular weight is 294 g/mol. The van der Waals surface area contributed by atoms with Crippen molar-refractivity contribution in [1.82, 2.24) is 5.32 Å². The number of benzene rings is 1. The van der Waals surface area contributed by atoms with Crippen LogP contribution in [0.5, 0.6) is 0 Å². The van der Waals surface area contributed by atoms with E-state index in [9.17, 15) is 14.4 Å². The van der Waals surface area contributed by atoms with Gasteiger partial charge in [0.2, 0.25) is 5.91 Å². The number of rotatable bonds is 4. The Hall–Kier alpha value is -2.02. The lowest BCUT2D eigenvalue weighted by atomic mass is 10.2. The van der Waals surface area contributed by atoms with Crippen LogP contribution in [0.4, 0.5) is 5.69 Å². The van der Waals surface area contributed by atoms with E-state index < -0.39 is 5.97 Å². The van der Waals surface area contributed by atoms with Crippen molar-refractivity contribution in [2.75, 3.05) is 17.6 Å². The van der Waals surface area contributed by atoms with E-state index in [0.717, 1.165) is 4.90 Å². The Morgan fingerprint density at radius 2 is 2.20 bits per heavy atom. The molecule has 1 aliphatic heterocycles. The lowest BCUT2D eigenvalue weighted by molar-refractivity contribution is -0.136. The smallest absolute Gasteiger partial charge is 0.305 e. The van der Waals surface area contributed by atoms with Gasteiger partial charge in [0.05, 0.1) is 12.1 Å². The van der Waals surface area contributed by atoms with E-state index in [2.05, 4.69) is 10.6 Å². The summed E-state index contributed by atoms with van der Waals surface area (Å²) in [7, 11) is 0. The van der Waals surface area contributed by atoms with Gasteiger partial charge in [-0.05, 0) is 18.2 Å². The third-order valence-electron chi connectivity index (χ3n) is 2.73. The quantitative estimate of drug-likeness (QED) is 0.778. The molecule has 0 fully saturated rings. The first-order valence-electron chi connectivity index (χ1n) is 6.13. The zero-order chi connectivity index (χ0) is 14.5. The number of carbonyl (C=O) groups excluding carboxylic acids is 2. The predicted molar refractivity (Wildman–Crippen MR) is 75.0 cm³/mol. The number of hydrogen-bond acceptors (Lipinski definition) is 4. The number of fused-ring (bicyclic) bond motifs is 1. The minimum atomic E-state index is -0.962. The van der Waals surface area contributed by atoms with Crippen LogP contribution in [0.2, 0.25) is 0 Å². The van der Waals surface area contributed by atoms with E-state index in [1.54, 1.807) is 30.0 Å². The topological polar surface area (TPSA) is 95.5 Å². The molecule has 106 valence electrons. The summed E-state index contributed by atoms with van der Waals surface area (Å²) in [5, 5.41) is 13.8. The van der Waals surface area contributed by atoms with E-state index >= 15 is 0 Å². The molecular weight excluding hydrogens is 280 g/mol. The molecule has 0 bridgehead atoms. The fraction of sp³-hybridized carbons (Fsp3) is 0.308. The van der Waals surface area contributed by atoms with Crippen LogP contribution in [-0.2, 0) is 9.59 Å². The number of aliphatic carboxylic acids is 1. The van der Waals surface area contributed by atoms with E-state index in [1.165, 1.54) is 0 Å². The first-order chi connectivity index (χ1) is 9.56. The number of nitrogens with one attached hydrogen (secondary N) is 2. The number of carboxylic acids is 1. The SMILES string of the molecule is O=C(O)CCNC(=O)c1ccc2c(c1)NC(=O)CCS2. The minimum Gasteiger partial charge on any atom is -0.481 e. The molecule has 0 radical (unpaired) electrons. The number of hydrogen-bond donors (Lipinski definition) is 3. The number of anilines is 1. The molecule has 1 aromatic rings. The van der Waals surface area contributed by atoms with Gasteiger partial charge in [0.25, 0.3) is 5.91 Å². The molecule has 1 aliphatic rings. The Bertz CT molecular complexity index is 559. The fourth-order valence-corrected chi connectivity index (χ4v) is 2.68. The van der Waals surface area contributed by atoms with Gasteiger partial charge < -0.3 is 15.7 Å². The maximum absolute atomic E-state index is 11.9. The Morgan fingerprint density at radius 3 is 2.95 bits per heavy atom. The summed E-state index contributed by atoms with van der Waals surface area (Å²) in [5.41, 5.74) is 1.03. The molecule has 7 heteroatoms. The Balaban J connectivity index is 2.08. The first kappa shape index (κ1) is 14.4. The summed E-state index contributed by atoms with van der Waals surface area (Å²) in [4.78, 5) is 34.6. The highest BCUT2D eigenvalue weighted by Gasteiger charge is 2.15. The van der Waals surface area contributed by atoms with E-state index in [4.69, 9.17) is 5.11 Å². The van der Waals surface area contributed by atoms with Crippen molar-refractivity contribution in [3.8, 4) is 0 Å². The molecule has 1 aromatic carbocycles. The van der Waals surface area contributed by atoms with Crippen LogP contribution >= 0.6 is 11.8 Å². The van der Waals surface area contributed by atoms with Crippen LogP contribution < -0.4 is 10.6 Å². The molecule has 0 spiro atoms. The van der Waals surface area contributed by atoms with Gasteiger partial charge in [-0.2, -0.15) is 0 Å². The summed E-state index contributed by atoms with van der Waals surface area (Å²) < 4.78 is 0. The lowest BCUT2D eigenvalue weighted by Crippen LogP contribution is -2.26. The van der Waals surface area contributed by atoms with Crippen LogP contribution in [0, 0.1) is 0 Å². The van der Waals surface area contributed by atoms with Gasteiger partial charge in [-0.1, -0.05) is 0 Å². The van der Waals surface area contributed by atoms with Gasteiger partial charge in [0, 0.05) is 29.2 Å². The third-order valence-corrected chi connectivity index (χ3v) is 3.80. The highest BCUT2D eigenvalue weighted by molar-refractivity contribution is 7.99.